The Morgan fingerprint density at radius 3 is 2.95 bits per heavy atom. The molecule has 0 saturated heterocycles. The van der Waals surface area contributed by atoms with Crippen LogP contribution in [0.2, 0.25) is 0 Å². The molecule has 106 valence electrons. The van der Waals surface area contributed by atoms with Crippen LogP contribution in [-0.4, -0.2) is 38.0 Å². The highest BCUT2D eigenvalue weighted by Crippen LogP contribution is 2.32. The summed E-state index contributed by atoms with van der Waals surface area (Å²) in [7, 11) is 0. The highest BCUT2D eigenvalue weighted by atomic mass is 32.2. The summed E-state index contributed by atoms with van der Waals surface area (Å²) in [6, 6.07) is 0.386. The van der Waals surface area contributed by atoms with Crippen LogP contribution in [0.1, 0.15) is 52.0 Å². The molecule has 7 heteroatoms. The van der Waals surface area contributed by atoms with Crippen molar-refractivity contribution in [1.29, 1.82) is 0 Å². The van der Waals surface area contributed by atoms with Gasteiger partial charge in [0.25, 0.3) is 0 Å². The summed E-state index contributed by atoms with van der Waals surface area (Å²) < 4.78 is 6.99. The predicted octanol–water partition coefficient (Wildman–Crippen LogP) is 2.22. The maximum absolute atomic E-state index is 11.7. The predicted molar refractivity (Wildman–Crippen MR) is 71.9 cm³/mol. The van der Waals surface area contributed by atoms with Gasteiger partial charge in [0.05, 0.1) is 12.6 Å². The third-order valence-corrected chi connectivity index (χ3v) is 4.22. The molecule has 19 heavy (non-hydrogen) atoms. The van der Waals surface area contributed by atoms with E-state index in [-0.39, 0.29) is 11.2 Å². The SMILES string of the molecule is CCCOC(=O)C(C)Sc1nnnn1C1CCCC1. The molecule has 2 rings (SSSR count). The number of aromatic nitrogens is 4. The van der Waals surface area contributed by atoms with Gasteiger partial charge in [-0.3, -0.25) is 4.79 Å². The molecule has 0 aromatic carbocycles. The van der Waals surface area contributed by atoms with Crippen molar-refractivity contribution >= 4 is 17.7 Å². The fourth-order valence-corrected chi connectivity index (χ4v) is 3.03. The molecule has 1 atom stereocenters. The van der Waals surface area contributed by atoms with Crippen LogP contribution in [0.25, 0.3) is 0 Å². The lowest BCUT2D eigenvalue weighted by Crippen LogP contribution is -2.19. The van der Waals surface area contributed by atoms with E-state index in [4.69, 9.17) is 4.74 Å². The molecule has 6 nitrogen and oxygen atoms in total. The van der Waals surface area contributed by atoms with Crippen LogP contribution in [0.4, 0.5) is 0 Å². The molecule has 0 radical (unpaired) electrons. The zero-order chi connectivity index (χ0) is 13.7. The molecular formula is C12H20N4O2S. The number of tetrazole rings is 1. The zero-order valence-corrected chi connectivity index (χ0v) is 12.2. The minimum atomic E-state index is -0.280. The molecule has 1 aromatic rings. The first-order chi connectivity index (χ1) is 9.22. The number of thioether (sulfide) groups is 1. The Morgan fingerprint density at radius 1 is 1.53 bits per heavy atom. The van der Waals surface area contributed by atoms with Crippen molar-refractivity contribution in [3.8, 4) is 0 Å². The maximum Gasteiger partial charge on any atom is 0.319 e. The average molecular weight is 284 g/mol. The molecule has 1 unspecified atom stereocenters. The first-order valence-electron chi connectivity index (χ1n) is 6.83. The number of ether oxygens (including phenoxy) is 1. The number of esters is 1. The van der Waals surface area contributed by atoms with Gasteiger partial charge in [-0.25, -0.2) is 4.68 Å². The Kier molecular flexibility index (Phi) is 5.18. The summed E-state index contributed by atoms with van der Waals surface area (Å²) >= 11 is 1.37. The second-order valence-corrected chi connectivity index (χ2v) is 6.08. The monoisotopic (exact) mass is 284 g/mol. The van der Waals surface area contributed by atoms with Crippen molar-refractivity contribution < 1.29 is 9.53 Å². The van der Waals surface area contributed by atoms with Gasteiger partial charge >= 0.3 is 5.97 Å². The van der Waals surface area contributed by atoms with Crippen LogP contribution in [0, 0.1) is 0 Å². The molecule has 1 fully saturated rings. The average Bonchev–Trinajstić information content (AvgIpc) is 3.05. The maximum atomic E-state index is 11.7. The van der Waals surface area contributed by atoms with Gasteiger partial charge in [0.15, 0.2) is 0 Å². The number of hydrogen-bond acceptors (Lipinski definition) is 6. The van der Waals surface area contributed by atoms with Gasteiger partial charge in [-0.05, 0) is 36.6 Å². The molecule has 1 aliphatic carbocycles. The molecule has 0 amide bonds. The fraction of sp³-hybridized carbons (Fsp3) is 0.833. The normalized spacial score (nSPS) is 17.6. The smallest absolute Gasteiger partial charge is 0.319 e. The Labute approximate surface area is 117 Å². The van der Waals surface area contributed by atoms with Gasteiger partial charge in [0, 0.05) is 0 Å². The summed E-state index contributed by atoms with van der Waals surface area (Å²) in [5, 5.41) is 12.2. The quantitative estimate of drug-likeness (QED) is 0.589. The lowest BCUT2D eigenvalue weighted by Gasteiger charge is -2.13. The van der Waals surface area contributed by atoms with Gasteiger partial charge in [-0.1, -0.05) is 31.5 Å². The van der Waals surface area contributed by atoms with Crippen molar-refractivity contribution in [3.05, 3.63) is 0 Å². The van der Waals surface area contributed by atoms with Gasteiger partial charge < -0.3 is 4.74 Å². The lowest BCUT2D eigenvalue weighted by atomic mass is 10.3. The Balaban J connectivity index is 1.95. The molecule has 1 aliphatic rings. The molecule has 0 bridgehead atoms. The van der Waals surface area contributed by atoms with Crippen molar-refractivity contribution in [2.24, 2.45) is 0 Å². The van der Waals surface area contributed by atoms with E-state index in [2.05, 4.69) is 15.5 Å². The van der Waals surface area contributed by atoms with Gasteiger partial charge in [0.2, 0.25) is 5.16 Å². The molecular weight excluding hydrogens is 264 g/mol. The summed E-state index contributed by atoms with van der Waals surface area (Å²) in [6.45, 7) is 4.28. The van der Waals surface area contributed by atoms with Crippen molar-refractivity contribution in [2.45, 2.75) is 62.4 Å². The number of carbonyl (C=O) groups excluding carboxylic acids is 1. The summed E-state index contributed by atoms with van der Waals surface area (Å²) in [6.07, 6.45) is 5.52. The standard InChI is InChI=1S/C12H20N4O2S/c1-3-8-18-11(17)9(2)19-12-13-14-15-16(12)10-6-4-5-7-10/h9-10H,3-8H2,1-2H3. The second-order valence-electron chi connectivity index (χ2n) is 4.77. The van der Waals surface area contributed by atoms with Gasteiger partial charge in [-0.2, -0.15) is 0 Å². The highest BCUT2D eigenvalue weighted by molar-refractivity contribution is 8.00. The minimum absolute atomic E-state index is 0.201. The van der Waals surface area contributed by atoms with E-state index < -0.39 is 0 Å². The summed E-state index contributed by atoms with van der Waals surface area (Å²) in [5.74, 6) is -0.201. The topological polar surface area (TPSA) is 69.9 Å². The van der Waals surface area contributed by atoms with Crippen molar-refractivity contribution in [1.82, 2.24) is 20.2 Å². The molecule has 0 N–H and O–H groups in total. The second kappa shape index (κ2) is 6.88. The summed E-state index contributed by atoms with van der Waals surface area (Å²) in [4.78, 5) is 11.7. The first kappa shape index (κ1) is 14.3. The Hall–Kier alpha value is -1.11. The largest absolute Gasteiger partial charge is 0.465 e. The van der Waals surface area contributed by atoms with E-state index in [0.29, 0.717) is 17.8 Å². The van der Waals surface area contributed by atoms with Crippen LogP contribution in [0.15, 0.2) is 5.16 Å². The molecule has 1 heterocycles. The van der Waals surface area contributed by atoms with E-state index in [1.165, 1.54) is 24.6 Å². The molecule has 0 spiro atoms. The molecule has 1 saturated carbocycles. The fourth-order valence-electron chi connectivity index (χ4n) is 2.17. The highest BCUT2D eigenvalue weighted by Gasteiger charge is 2.25. The summed E-state index contributed by atoms with van der Waals surface area (Å²) in [5.41, 5.74) is 0. The van der Waals surface area contributed by atoms with Gasteiger partial charge in [0.1, 0.15) is 5.25 Å². The van der Waals surface area contributed by atoms with Crippen molar-refractivity contribution in [3.63, 3.8) is 0 Å². The van der Waals surface area contributed by atoms with E-state index in [1.807, 2.05) is 18.5 Å². The number of carbonyl (C=O) groups is 1. The number of rotatable bonds is 6. The van der Waals surface area contributed by atoms with Crippen LogP contribution < -0.4 is 0 Å². The zero-order valence-electron chi connectivity index (χ0n) is 11.4. The van der Waals surface area contributed by atoms with Crippen LogP contribution in [-0.2, 0) is 9.53 Å². The van der Waals surface area contributed by atoms with Crippen molar-refractivity contribution in [2.75, 3.05) is 6.61 Å². The first-order valence-corrected chi connectivity index (χ1v) is 7.71. The van der Waals surface area contributed by atoms with Gasteiger partial charge in [-0.15, -0.1) is 5.10 Å². The Bertz CT molecular complexity index is 418. The Morgan fingerprint density at radius 2 is 2.26 bits per heavy atom. The lowest BCUT2D eigenvalue weighted by molar-refractivity contribution is -0.142. The van der Waals surface area contributed by atoms with E-state index >= 15 is 0 Å². The van der Waals surface area contributed by atoms with Crippen LogP contribution >= 0.6 is 11.8 Å². The number of nitrogens with zero attached hydrogens (tertiary/aromatic N) is 4. The van der Waals surface area contributed by atoms with Crippen LogP contribution in [0.5, 0.6) is 0 Å². The van der Waals surface area contributed by atoms with Crippen LogP contribution in [0.3, 0.4) is 0 Å². The van der Waals surface area contributed by atoms with E-state index in [1.54, 1.807) is 0 Å². The van der Waals surface area contributed by atoms with E-state index in [0.717, 1.165) is 19.3 Å². The minimum Gasteiger partial charge on any atom is -0.465 e. The molecule has 1 aromatic heterocycles. The third-order valence-electron chi connectivity index (χ3n) is 3.20. The third kappa shape index (κ3) is 3.68. The number of hydrogen-bond donors (Lipinski definition) is 0. The molecule has 0 aliphatic heterocycles. The van der Waals surface area contributed by atoms with E-state index in [9.17, 15) is 4.79 Å².